The van der Waals surface area contributed by atoms with Crippen LogP contribution in [0.5, 0.6) is 0 Å². The van der Waals surface area contributed by atoms with Crippen LogP contribution in [0.4, 0.5) is 22.1 Å². The third-order valence-electron chi connectivity index (χ3n) is 6.59. The minimum atomic E-state index is -0.369. The van der Waals surface area contributed by atoms with Gasteiger partial charge in [0.2, 0.25) is 0 Å². The van der Waals surface area contributed by atoms with E-state index in [1.807, 2.05) is 24.4 Å². The Morgan fingerprint density at radius 3 is 2.61 bits per heavy atom. The number of nitrogens with zero attached hydrogens (tertiary/aromatic N) is 4. The molecule has 1 amide bonds. The lowest BCUT2D eigenvalue weighted by Crippen LogP contribution is -2.39. The van der Waals surface area contributed by atoms with Gasteiger partial charge in [-0.3, -0.25) is 4.90 Å². The zero-order valence-electron chi connectivity index (χ0n) is 17.7. The maximum Gasteiger partial charge on any atom is 0.416 e. The van der Waals surface area contributed by atoms with E-state index in [2.05, 4.69) is 32.3 Å². The largest absolute Gasteiger partial charge is 0.441 e. The van der Waals surface area contributed by atoms with Gasteiger partial charge in [-0.05, 0) is 55.9 Å². The molecule has 3 aliphatic rings. The summed E-state index contributed by atoms with van der Waals surface area (Å²) in [4.78, 5) is 25.2. The summed E-state index contributed by atoms with van der Waals surface area (Å²) in [5, 5.41) is 3.53. The molecule has 0 aromatic carbocycles. The molecular weight excluding hydrogens is 394 g/mol. The van der Waals surface area contributed by atoms with Crippen LogP contribution in [0.15, 0.2) is 42.7 Å². The van der Waals surface area contributed by atoms with Crippen molar-refractivity contribution in [2.24, 2.45) is 5.92 Å². The first kappa shape index (κ1) is 20.1. The minimum absolute atomic E-state index is 0.276. The summed E-state index contributed by atoms with van der Waals surface area (Å²) in [7, 11) is 0. The summed E-state index contributed by atoms with van der Waals surface area (Å²) < 4.78 is 11.2. The number of morpholine rings is 1. The highest BCUT2D eigenvalue weighted by atomic mass is 16.6. The van der Waals surface area contributed by atoms with Crippen LogP contribution in [0.25, 0.3) is 0 Å². The summed E-state index contributed by atoms with van der Waals surface area (Å²) in [5.41, 5.74) is 0.679. The zero-order valence-corrected chi connectivity index (χ0v) is 17.7. The molecule has 2 aliphatic heterocycles. The molecule has 1 saturated carbocycles. The predicted molar refractivity (Wildman–Crippen MR) is 119 cm³/mol. The van der Waals surface area contributed by atoms with Crippen LogP contribution in [0, 0.1) is 5.92 Å². The normalized spacial score (nSPS) is 26.2. The highest BCUT2D eigenvalue weighted by Crippen LogP contribution is 2.40. The van der Waals surface area contributed by atoms with Crippen molar-refractivity contribution in [1.82, 2.24) is 9.97 Å². The van der Waals surface area contributed by atoms with Gasteiger partial charge in [0, 0.05) is 25.8 Å². The maximum absolute atomic E-state index is 12.4. The fraction of sp³-hybridized carbons (Fsp3) is 0.522. The molecule has 8 heteroatoms. The highest BCUT2D eigenvalue weighted by molar-refractivity contribution is 5.89. The van der Waals surface area contributed by atoms with Gasteiger partial charge < -0.3 is 19.7 Å². The minimum Gasteiger partial charge on any atom is -0.441 e. The quantitative estimate of drug-likeness (QED) is 0.790. The molecule has 4 heterocycles. The van der Waals surface area contributed by atoms with E-state index in [9.17, 15) is 4.79 Å². The van der Waals surface area contributed by atoms with Gasteiger partial charge in [-0.1, -0.05) is 6.07 Å². The Bertz CT molecular complexity index is 878. The van der Waals surface area contributed by atoms with Crippen molar-refractivity contribution in [2.75, 3.05) is 54.5 Å². The van der Waals surface area contributed by atoms with Gasteiger partial charge in [0.25, 0.3) is 0 Å². The fourth-order valence-electron chi connectivity index (χ4n) is 4.71. The van der Waals surface area contributed by atoms with Gasteiger partial charge in [0.05, 0.1) is 31.6 Å². The topological polar surface area (TPSA) is 79.8 Å². The summed E-state index contributed by atoms with van der Waals surface area (Å²) in [6.07, 6.45) is 7.20. The molecule has 31 heavy (non-hydrogen) atoms. The highest BCUT2D eigenvalue weighted by Gasteiger charge is 2.47. The molecule has 1 spiro atoms. The zero-order chi connectivity index (χ0) is 21.1. The van der Waals surface area contributed by atoms with Gasteiger partial charge in [-0.15, -0.1) is 0 Å². The van der Waals surface area contributed by atoms with Crippen molar-refractivity contribution in [3.63, 3.8) is 0 Å². The Balaban J connectivity index is 1.11. The third kappa shape index (κ3) is 4.44. The summed E-state index contributed by atoms with van der Waals surface area (Å²) in [6, 6.07) is 9.78. The summed E-state index contributed by atoms with van der Waals surface area (Å²) >= 11 is 0. The lowest BCUT2D eigenvalue weighted by molar-refractivity contribution is 0.0148. The molecular formula is C23H29N5O3. The molecule has 2 saturated heterocycles. The van der Waals surface area contributed by atoms with Crippen LogP contribution in [0.1, 0.15) is 25.7 Å². The molecule has 8 nitrogen and oxygen atoms in total. The average Bonchev–Trinajstić information content (AvgIpc) is 3.16. The van der Waals surface area contributed by atoms with Crippen molar-refractivity contribution in [3.05, 3.63) is 42.7 Å². The molecule has 5 rings (SSSR count). The molecule has 0 atom stereocenters. The molecule has 3 fully saturated rings. The molecule has 0 radical (unpaired) electrons. The van der Waals surface area contributed by atoms with Gasteiger partial charge in [-0.2, -0.15) is 0 Å². The second-order valence-electron chi connectivity index (χ2n) is 8.65. The van der Waals surface area contributed by atoms with Crippen LogP contribution < -0.4 is 15.1 Å². The number of aromatic nitrogens is 2. The molecule has 164 valence electrons. The first-order valence-corrected chi connectivity index (χ1v) is 11.1. The van der Waals surface area contributed by atoms with Crippen molar-refractivity contribution in [3.8, 4) is 0 Å². The summed E-state index contributed by atoms with van der Waals surface area (Å²) in [5.74, 6) is 2.24. The van der Waals surface area contributed by atoms with Gasteiger partial charge >= 0.3 is 6.09 Å². The number of carbonyl (C=O) groups excluding carboxylic acids is 1. The lowest BCUT2D eigenvalue weighted by Gasteiger charge is -2.35. The fourth-order valence-corrected chi connectivity index (χ4v) is 4.71. The van der Waals surface area contributed by atoms with Crippen molar-refractivity contribution in [1.29, 1.82) is 0 Å². The Morgan fingerprint density at radius 2 is 1.90 bits per heavy atom. The Morgan fingerprint density at radius 1 is 1.06 bits per heavy atom. The van der Waals surface area contributed by atoms with E-state index in [1.54, 1.807) is 11.1 Å². The first-order valence-electron chi connectivity index (χ1n) is 11.1. The van der Waals surface area contributed by atoms with E-state index in [1.165, 1.54) is 0 Å². The second-order valence-corrected chi connectivity index (χ2v) is 8.65. The number of hydrogen-bond acceptors (Lipinski definition) is 7. The number of rotatable bonds is 5. The number of ether oxygens (including phenoxy) is 2. The summed E-state index contributed by atoms with van der Waals surface area (Å²) in [6.45, 7) is 4.82. The van der Waals surface area contributed by atoms with Crippen LogP contribution in [-0.4, -0.2) is 61.1 Å². The van der Waals surface area contributed by atoms with E-state index in [0.717, 1.165) is 70.0 Å². The molecule has 2 aromatic rings. The number of nitrogens with one attached hydrogen (secondary N) is 1. The van der Waals surface area contributed by atoms with Crippen LogP contribution in [0.3, 0.4) is 0 Å². The Labute approximate surface area is 182 Å². The van der Waals surface area contributed by atoms with Crippen LogP contribution in [0.2, 0.25) is 0 Å². The molecule has 0 unspecified atom stereocenters. The number of amides is 1. The SMILES string of the molecule is O=C1O[C@]2(CC[C@H](CNc3ccc(N4CCOCC4)nc3)CC2)CN1c1ccccn1. The molecule has 0 bridgehead atoms. The van der Waals surface area contributed by atoms with Crippen LogP contribution >= 0.6 is 0 Å². The monoisotopic (exact) mass is 423 g/mol. The Kier molecular flexibility index (Phi) is 5.63. The van der Waals surface area contributed by atoms with Gasteiger partial charge in [0.15, 0.2) is 0 Å². The van der Waals surface area contributed by atoms with E-state index in [-0.39, 0.29) is 11.7 Å². The number of anilines is 3. The standard InChI is InChI=1S/C23H29N5O3/c29-22-28(21-3-1-2-10-24-21)17-23(31-22)8-6-18(7-9-23)15-25-19-4-5-20(26-16-19)27-11-13-30-14-12-27/h1-5,10,16,18,25H,6-9,11-15,17H2/t18-,23-. The molecule has 1 N–H and O–H groups in total. The number of hydrogen-bond donors (Lipinski definition) is 1. The van der Waals surface area contributed by atoms with Gasteiger partial charge in [0.1, 0.15) is 17.2 Å². The average molecular weight is 424 g/mol. The van der Waals surface area contributed by atoms with Crippen molar-refractivity contribution >= 4 is 23.4 Å². The molecule has 1 aliphatic carbocycles. The second kappa shape index (κ2) is 8.70. The smallest absolute Gasteiger partial charge is 0.416 e. The maximum atomic E-state index is 12.4. The van der Waals surface area contributed by atoms with Crippen molar-refractivity contribution < 1.29 is 14.3 Å². The third-order valence-corrected chi connectivity index (χ3v) is 6.59. The van der Waals surface area contributed by atoms with E-state index in [4.69, 9.17) is 9.47 Å². The lowest BCUT2D eigenvalue weighted by atomic mass is 9.78. The van der Waals surface area contributed by atoms with E-state index >= 15 is 0 Å². The first-order chi connectivity index (χ1) is 15.2. The predicted octanol–water partition coefficient (Wildman–Crippen LogP) is 3.31. The number of pyridine rings is 2. The van der Waals surface area contributed by atoms with Crippen LogP contribution in [-0.2, 0) is 9.47 Å². The van der Waals surface area contributed by atoms with E-state index < -0.39 is 0 Å². The van der Waals surface area contributed by atoms with Gasteiger partial charge in [-0.25, -0.2) is 14.8 Å². The number of carbonyl (C=O) groups is 1. The van der Waals surface area contributed by atoms with Crippen molar-refractivity contribution in [2.45, 2.75) is 31.3 Å². The Hall–Kier alpha value is -2.87. The van der Waals surface area contributed by atoms with E-state index in [0.29, 0.717) is 18.3 Å². The molecule has 2 aromatic heterocycles.